The van der Waals surface area contributed by atoms with Crippen molar-refractivity contribution in [3.05, 3.63) is 50.6 Å². The molecule has 0 unspecified atom stereocenters. The summed E-state index contributed by atoms with van der Waals surface area (Å²) in [7, 11) is -0.856. The van der Waals surface area contributed by atoms with Gasteiger partial charge in [-0.3, -0.25) is 13.9 Å². The van der Waals surface area contributed by atoms with Gasteiger partial charge in [0.15, 0.2) is 0 Å². The molecular formula is C15H15N3O4S2. The topological polar surface area (TPSA) is 90.2 Å². The number of nitrogens with zero attached hydrogens (tertiary/aromatic N) is 2. The number of carbonyl (C=O) groups is 1. The van der Waals surface area contributed by atoms with Crippen LogP contribution in [0.5, 0.6) is 0 Å². The minimum atomic E-state index is -4.03. The first-order valence-electron chi connectivity index (χ1n) is 6.99. The summed E-state index contributed by atoms with van der Waals surface area (Å²) in [4.78, 5) is 24.4. The molecule has 0 atom stereocenters. The summed E-state index contributed by atoms with van der Waals surface area (Å²) in [6.07, 6.45) is 0. The summed E-state index contributed by atoms with van der Waals surface area (Å²) in [6, 6.07) is 6.05. The number of nitrogens with one attached hydrogen (secondary N) is 1. The van der Waals surface area contributed by atoms with Crippen LogP contribution in [-0.2, 0) is 24.1 Å². The molecule has 0 radical (unpaired) electrons. The molecule has 0 fully saturated rings. The van der Waals surface area contributed by atoms with Gasteiger partial charge in [-0.1, -0.05) is 0 Å². The molecule has 1 N–H and O–H groups in total. The van der Waals surface area contributed by atoms with Crippen LogP contribution >= 0.6 is 11.3 Å². The Bertz CT molecular complexity index is 1120. The molecule has 126 valence electrons. The molecule has 0 saturated heterocycles. The first kappa shape index (κ1) is 16.5. The lowest BCUT2D eigenvalue weighted by Gasteiger charge is -2.07. The predicted molar refractivity (Wildman–Crippen MR) is 91.9 cm³/mol. The summed E-state index contributed by atoms with van der Waals surface area (Å²) < 4.78 is 29.8. The lowest BCUT2D eigenvalue weighted by molar-refractivity contribution is 0.0985. The van der Waals surface area contributed by atoms with E-state index < -0.39 is 15.9 Å². The Kier molecular flexibility index (Phi) is 3.84. The molecule has 24 heavy (non-hydrogen) atoms. The number of hydrogen-bond donors (Lipinski definition) is 1. The van der Waals surface area contributed by atoms with Crippen molar-refractivity contribution >= 4 is 38.3 Å². The van der Waals surface area contributed by atoms with Crippen LogP contribution in [0.15, 0.2) is 39.3 Å². The Labute approximate surface area is 142 Å². The van der Waals surface area contributed by atoms with Crippen LogP contribution in [-0.4, -0.2) is 23.5 Å². The molecule has 0 bridgehead atoms. The number of imidazole rings is 1. The Hall–Kier alpha value is -2.39. The summed E-state index contributed by atoms with van der Waals surface area (Å²) in [6.45, 7) is 1.74. The molecule has 2 heterocycles. The highest BCUT2D eigenvalue weighted by Crippen LogP contribution is 2.19. The van der Waals surface area contributed by atoms with Gasteiger partial charge in [0.25, 0.3) is 15.9 Å². The maximum atomic E-state index is 12.5. The lowest BCUT2D eigenvalue weighted by atomic mass is 10.3. The first-order valence-corrected chi connectivity index (χ1v) is 9.35. The van der Waals surface area contributed by atoms with E-state index >= 15 is 0 Å². The molecule has 2 aromatic heterocycles. The molecule has 3 rings (SSSR count). The van der Waals surface area contributed by atoms with E-state index in [0.717, 1.165) is 0 Å². The number of hydrogen-bond acceptors (Lipinski definition) is 5. The van der Waals surface area contributed by atoms with Gasteiger partial charge in [0.1, 0.15) is 0 Å². The van der Waals surface area contributed by atoms with Crippen molar-refractivity contribution in [2.45, 2.75) is 11.8 Å². The van der Waals surface area contributed by atoms with Crippen LogP contribution < -0.4 is 10.4 Å². The minimum absolute atomic E-state index is 0.0706. The smallest absolute Gasteiger partial charge is 0.295 e. The van der Waals surface area contributed by atoms with E-state index in [9.17, 15) is 18.0 Å². The number of fused-ring (bicyclic) bond motifs is 1. The van der Waals surface area contributed by atoms with Gasteiger partial charge in [-0.2, -0.15) is 0 Å². The zero-order valence-electron chi connectivity index (χ0n) is 13.2. The largest absolute Gasteiger partial charge is 0.328 e. The van der Waals surface area contributed by atoms with Gasteiger partial charge in [0.2, 0.25) is 0 Å². The summed E-state index contributed by atoms with van der Waals surface area (Å²) >= 11 is 1.18. The van der Waals surface area contributed by atoms with Gasteiger partial charge in [-0.15, -0.1) is 11.3 Å². The minimum Gasteiger partial charge on any atom is -0.295 e. The van der Waals surface area contributed by atoms with E-state index in [1.54, 1.807) is 38.5 Å². The second kappa shape index (κ2) is 5.60. The van der Waals surface area contributed by atoms with Gasteiger partial charge in [-0.05, 0) is 42.1 Å². The summed E-state index contributed by atoms with van der Waals surface area (Å²) in [5.41, 5.74) is 1.55. The van der Waals surface area contributed by atoms with E-state index in [1.165, 1.54) is 32.6 Å². The predicted octanol–water partition coefficient (Wildman–Crippen LogP) is 1.37. The normalized spacial score (nSPS) is 11.8. The molecule has 0 aliphatic carbocycles. The van der Waals surface area contributed by atoms with E-state index in [0.29, 0.717) is 21.5 Å². The number of aryl methyl sites for hydroxylation is 3. The van der Waals surface area contributed by atoms with E-state index in [1.807, 2.05) is 0 Å². The standard InChI is InChI=1S/C15H15N3O4S2/c1-9-6-7-23-13(9)14(19)16-24(21,22)10-4-5-11-12(8-10)18(3)15(20)17(11)2/h4-8H,1-3H3,(H,16,19). The van der Waals surface area contributed by atoms with Crippen LogP contribution in [0.3, 0.4) is 0 Å². The van der Waals surface area contributed by atoms with Crippen LogP contribution in [0.2, 0.25) is 0 Å². The second-order valence-electron chi connectivity index (χ2n) is 5.42. The van der Waals surface area contributed by atoms with Crippen molar-refractivity contribution in [1.29, 1.82) is 0 Å². The van der Waals surface area contributed by atoms with Gasteiger partial charge < -0.3 is 0 Å². The molecule has 9 heteroatoms. The van der Waals surface area contributed by atoms with Crippen LogP contribution in [0.25, 0.3) is 11.0 Å². The van der Waals surface area contributed by atoms with Crippen molar-refractivity contribution in [1.82, 2.24) is 13.9 Å². The maximum absolute atomic E-state index is 12.5. The molecule has 1 amide bonds. The molecule has 0 aliphatic heterocycles. The monoisotopic (exact) mass is 365 g/mol. The van der Waals surface area contributed by atoms with Crippen molar-refractivity contribution in [2.24, 2.45) is 14.1 Å². The van der Waals surface area contributed by atoms with Gasteiger partial charge in [0, 0.05) is 14.1 Å². The Morgan fingerprint density at radius 2 is 1.79 bits per heavy atom. The number of rotatable bonds is 3. The third kappa shape index (κ3) is 2.55. The molecule has 1 aromatic carbocycles. The van der Waals surface area contributed by atoms with Crippen molar-refractivity contribution < 1.29 is 13.2 Å². The Morgan fingerprint density at radius 3 is 2.42 bits per heavy atom. The molecule has 3 aromatic rings. The summed E-state index contributed by atoms with van der Waals surface area (Å²) in [5, 5.41) is 1.72. The first-order chi connectivity index (χ1) is 11.2. The number of carbonyl (C=O) groups excluding carboxylic acids is 1. The molecule has 0 spiro atoms. The Balaban J connectivity index is 2.03. The van der Waals surface area contributed by atoms with E-state index in [4.69, 9.17) is 0 Å². The van der Waals surface area contributed by atoms with Crippen LogP contribution in [0.4, 0.5) is 0 Å². The Morgan fingerprint density at radius 1 is 1.12 bits per heavy atom. The number of sulfonamides is 1. The third-order valence-corrected chi connectivity index (χ3v) is 6.19. The lowest BCUT2D eigenvalue weighted by Crippen LogP contribution is -2.30. The van der Waals surface area contributed by atoms with E-state index in [2.05, 4.69) is 4.72 Å². The SMILES string of the molecule is Cc1ccsc1C(=O)NS(=O)(=O)c1ccc2c(c1)n(C)c(=O)n2C. The van der Waals surface area contributed by atoms with Gasteiger partial charge >= 0.3 is 5.69 Å². The highest BCUT2D eigenvalue weighted by Gasteiger charge is 2.22. The fourth-order valence-electron chi connectivity index (χ4n) is 2.49. The van der Waals surface area contributed by atoms with Gasteiger partial charge in [-0.25, -0.2) is 17.9 Å². The number of aromatic nitrogens is 2. The fraction of sp³-hybridized carbons (Fsp3) is 0.200. The van der Waals surface area contributed by atoms with Crippen molar-refractivity contribution in [2.75, 3.05) is 0 Å². The number of benzene rings is 1. The molecule has 0 saturated carbocycles. The van der Waals surface area contributed by atoms with E-state index in [-0.39, 0.29) is 10.6 Å². The third-order valence-electron chi connectivity index (χ3n) is 3.85. The second-order valence-corrected chi connectivity index (χ2v) is 8.02. The average Bonchev–Trinajstić information content (AvgIpc) is 3.05. The average molecular weight is 365 g/mol. The number of amides is 1. The molecular weight excluding hydrogens is 350 g/mol. The number of thiophene rings is 1. The van der Waals surface area contributed by atoms with Crippen LogP contribution in [0.1, 0.15) is 15.2 Å². The summed E-state index contributed by atoms with van der Waals surface area (Å²) in [5.74, 6) is -0.662. The van der Waals surface area contributed by atoms with Crippen molar-refractivity contribution in [3.63, 3.8) is 0 Å². The quantitative estimate of drug-likeness (QED) is 0.759. The maximum Gasteiger partial charge on any atom is 0.328 e. The molecule has 7 nitrogen and oxygen atoms in total. The molecule has 0 aliphatic rings. The zero-order chi connectivity index (χ0) is 17.6. The van der Waals surface area contributed by atoms with Crippen molar-refractivity contribution in [3.8, 4) is 0 Å². The highest BCUT2D eigenvalue weighted by molar-refractivity contribution is 7.90. The van der Waals surface area contributed by atoms with Crippen LogP contribution in [0, 0.1) is 6.92 Å². The highest BCUT2D eigenvalue weighted by atomic mass is 32.2. The van der Waals surface area contributed by atoms with Gasteiger partial charge in [0.05, 0.1) is 20.8 Å². The zero-order valence-corrected chi connectivity index (χ0v) is 14.9. The fourth-order valence-corrected chi connectivity index (χ4v) is 4.35.